The molecule has 2 fully saturated rings. The van der Waals surface area contributed by atoms with Crippen LogP contribution in [0.4, 0.5) is 0 Å². The molecule has 6 heteroatoms. The molecule has 2 aliphatic rings. The van der Waals surface area contributed by atoms with Gasteiger partial charge in [-0.3, -0.25) is 0 Å². The number of rotatable bonds is 19. The predicted octanol–water partition coefficient (Wildman–Crippen LogP) is 9.88. The van der Waals surface area contributed by atoms with Crippen LogP contribution in [0.3, 0.4) is 0 Å². The van der Waals surface area contributed by atoms with Crippen molar-refractivity contribution >= 4 is 15.8 Å². The first-order valence-corrected chi connectivity index (χ1v) is 21.1. The van der Waals surface area contributed by atoms with Crippen molar-refractivity contribution in [1.29, 1.82) is 0 Å². The monoisotopic (exact) mass is 682 g/mol. The Balaban J connectivity index is 1.08. The molecule has 0 radical (unpaired) electrons. The lowest BCUT2D eigenvalue weighted by Crippen LogP contribution is -2.21. The van der Waals surface area contributed by atoms with Gasteiger partial charge >= 0.3 is 0 Å². The fourth-order valence-corrected chi connectivity index (χ4v) is 14.9. The van der Waals surface area contributed by atoms with Crippen molar-refractivity contribution in [3.05, 3.63) is 144 Å². The summed E-state index contributed by atoms with van der Waals surface area (Å²) in [5.41, 5.74) is 7.61. The molecule has 6 rings (SSSR count). The molecule has 0 aliphatic carbocycles. The number of hydrogen-bond acceptors (Lipinski definition) is 4. The van der Waals surface area contributed by atoms with Gasteiger partial charge < -0.3 is 18.9 Å². The van der Waals surface area contributed by atoms with Crippen molar-refractivity contribution < 1.29 is 18.9 Å². The minimum atomic E-state index is -0.201. The minimum Gasteiger partial charge on any atom is -0.376 e. The molecule has 0 bridgehead atoms. The van der Waals surface area contributed by atoms with E-state index in [9.17, 15) is 0 Å². The molecule has 48 heavy (non-hydrogen) atoms. The van der Waals surface area contributed by atoms with E-state index in [1.54, 1.807) is 0 Å². The summed E-state index contributed by atoms with van der Waals surface area (Å²) in [6, 6.07) is 42.4. The van der Waals surface area contributed by atoms with Gasteiger partial charge in [0.1, 0.15) is 0 Å². The van der Waals surface area contributed by atoms with Gasteiger partial charge in [0.05, 0.1) is 52.9 Å². The van der Waals surface area contributed by atoms with Crippen LogP contribution in [-0.2, 0) is 45.4 Å². The van der Waals surface area contributed by atoms with Crippen molar-refractivity contribution in [3.8, 4) is 0 Å². The van der Waals surface area contributed by atoms with Crippen molar-refractivity contribution in [2.45, 2.75) is 74.7 Å². The molecule has 2 aliphatic heterocycles. The normalized spacial score (nSPS) is 23.8. The third kappa shape index (κ3) is 11.0. The second kappa shape index (κ2) is 19.7. The maximum absolute atomic E-state index is 6.40. The average molecular weight is 683 g/mol. The second-order valence-electron chi connectivity index (χ2n) is 13.2. The summed E-state index contributed by atoms with van der Waals surface area (Å²) >= 11 is 0. The van der Waals surface area contributed by atoms with Crippen molar-refractivity contribution in [2.24, 2.45) is 0 Å². The molecule has 2 heterocycles. The molecule has 254 valence electrons. The average Bonchev–Trinajstić information content (AvgIpc) is 3.71. The van der Waals surface area contributed by atoms with Crippen molar-refractivity contribution in [2.75, 3.05) is 38.8 Å². The maximum atomic E-state index is 6.40. The molecule has 4 unspecified atom stereocenters. The van der Waals surface area contributed by atoms with Gasteiger partial charge in [0.2, 0.25) is 0 Å². The van der Waals surface area contributed by atoms with Crippen LogP contribution in [0.2, 0.25) is 0 Å². The highest BCUT2D eigenvalue weighted by atomic mass is 31.1. The predicted molar refractivity (Wildman–Crippen MR) is 202 cm³/mol. The van der Waals surface area contributed by atoms with Crippen molar-refractivity contribution in [3.63, 3.8) is 0 Å². The van der Waals surface area contributed by atoms with Crippen LogP contribution in [0, 0.1) is 0 Å². The molecule has 4 atom stereocenters. The molecule has 4 aromatic rings. The molecular weight excluding hydrogens is 630 g/mol. The van der Waals surface area contributed by atoms with Crippen LogP contribution in [-0.4, -0.2) is 61.4 Å². The largest absolute Gasteiger partial charge is 0.376 e. The molecule has 2 saturated heterocycles. The van der Waals surface area contributed by atoms with Gasteiger partial charge in [-0.15, -0.1) is 0 Å². The topological polar surface area (TPSA) is 36.9 Å². The first-order chi connectivity index (χ1) is 23.8. The zero-order chi connectivity index (χ0) is 32.6. The Morgan fingerprint density at radius 3 is 0.812 bits per heavy atom. The van der Waals surface area contributed by atoms with E-state index in [1.807, 2.05) is 0 Å². The van der Waals surface area contributed by atoms with Crippen LogP contribution >= 0.6 is 15.8 Å². The maximum Gasteiger partial charge on any atom is 0.0717 e. The zero-order valence-corrected chi connectivity index (χ0v) is 30.1. The van der Waals surface area contributed by atoms with E-state index in [0.717, 1.165) is 26.4 Å². The van der Waals surface area contributed by atoms with Gasteiger partial charge in [-0.1, -0.05) is 137 Å². The number of ether oxygens (including phenoxy) is 4. The highest BCUT2D eigenvalue weighted by molar-refractivity contribution is 7.63. The Morgan fingerprint density at radius 2 is 0.583 bits per heavy atom. The van der Waals surface area contributed by atoms with E-state index >= 15 is 0 Å². The van der Waals surface area contributed by atoms with Gasteiger partial charge in [-0.05, 0) is 60.3 Å². The minimum absolute atomic E-state index is 0.201. The molecule has 0 saturated carbocycles. The summed E-state index contributed by atoms with van der Waals surface area (Å²) in [5.74, 6) is 0. The van der Waals surface area contributed by atoms with Crippen LogP contribution in [0.1, 0.15) is 47.9 Å². The number of hydrogen-bond donors (Lipinski definition) is 0. The summed E-state index contributed by atoms with van der Waals surface area (Å²) in [4.78, 5) is 0. The summed E-state index contributed by atoms with van der Waals surface area (Å²) in [6.45, 7) is 6.24. The smallest absolute Gasteiger partial charge is 0.0717 e. The molecule has 4 aromatic carbocycles. The molecule has 0 aromatic heterocycles. The Kier molecular flexibility index (Phi) is 14.5. The van der Waals surface area contributed by atoms with E-state index in [1.165, 1.54) is 60.3 Å². The Labute approximate surface area is 291 Å². The Bertz CT molecular complexity index is 1210. The lowest BCUT2D eigenvalue weighted by atomic mass is 10.2. The van der Waals surface area contributed by atoms with Crippen LogP contribution < -0.4 is 0 Å². The van der Waals surface area contributed by atoms with Gasteiger partial charge in [0.15, 0.2) is 0 Å². The lowest BCUT2D eigenvalue weighted by Gasteiger charge is -2.31. The van der Waals surface area contributed by atoms with E-state index in [-0.39, 0.29) is 15.8 Å². The van der Waals surface area contributed by atoms with Crippen molar-refractivity contribution in [1.82, 2.24) is 0 Å². The fourth-order valence-electron chi connectivity index (χ4n) is 7.25. The summed E-state index contributed by atoms with van der Waals surface area (Å²) in [5, 5.41) is 0. The third-order valence-electron chi connectivity index (χ3n) is 9.85. The van der Waals surface area contributed by atoms with E-state index in [4.69, 9.17) is 18.9 Å². The quantitative estimate of drug-likeness (QED) is 0.0923. The Morgan fingerprint density at radius 1 is 0.354 bits per heavy atom. The van der Waals surface area contributed by atoms with Gasteiger partial charge in [0, 0.05) is 22.6 Å². The highest BCUT2D eigenvalue weighted by Gasteiger charge is 2.40. The summed E-state index contributed by atoms with van der Waals surface area (Å²) in [7, 11) is -0.401. The molecule has 0 amide bonds. The van der Waals surface area contributed by atoms with E-state index in [2.05, 4.69) is 121 Å². The first-order valence-electron chi connectivity index (χ1n) is 17.8. The lowest BCUT2D eigenvalue weighted by molar-refractivity contribution is 0.118. The number of benzene rings is 4. The molecule has 4 nitrogen and oxygen atoms in total. The summed E-state index contributed by atoms with van der Waals surface area (Å²) in [6.07, 6.45) is 7.64. The molecule has 0 spiro atoms. The summed E-state index contributed by atoms with van der Waals surface area (Å²) < 4.78 is 25.6. The zero-order valence-electron chi connectivity index (χ0n) is 28.3. The van der Waals surface area contributed by atoms with Gasteiger partial charge in [-0.2, -0.15) is 0 Å². The highest BCUT2D eigenvalue weighted by Crippen LogP contribution is 2.61. The van der Waals surface area contributed by atoms with Gasteiger partial charge in [0.25, 0.3) is 0 Å². The van der Waals surface area contributed by atoms with E-state index in [0.29, 0.717) is 49.1 Å². The second-order valence-corrected chi connectivity index (χ2v) is 19.1. The Hall–Kier alpha value is -2.42. The van der Waals surface area contributed by atoms with Crippen LogP contribution in [0.5, 0.6) is 0 Å². The van der Waals surface area contributed by atoms with E-state index < -0.39 is 0 Å². The first kappa shape index (κ1) is 35.4. The third-order valence-corrected chi connectivity index (χ3v) is 17.1. The standard InChI is InChI=1S/C42H52O4P2/c1-5-13-35(14-6-1)27-43-31-39-21-22-40(32-44-28-36-15-7-2-8-16-36)47(39)25-26-48-41(33-45-29-37-17-9-3-10-18-37)23-24-42(48)34-46-30-38-19-11-4-12-20-38/h1-20,39-42H,21-34H2. The fraction of sp³-hybridized carbons (Fsp3) is 0.429. The van der Waals surface area contributed by atoms with Crippen LogP contribution in [0.15, 0.2) is 121 Å². The molecule has 0 N–H and O–H groups in total. The van der Waals surface area contributed by atoms with Crippen LogP contribution in [0.25, 0.3) is 0 Å². The van der Waals surface area contributed by atoms with Gasteiger partial charge in [-0.25, -0.2) is 0 Å². The molecular formula is C42H52O4P2. The SMILES string of the molecule is c1ccc(COCC2CCC(COCc3ccccc3)P2CCP2C(COCc3ccccc3)CCC2COCc2ccccc2)cc1.